The van der Waals surface area contributed by atoms with Crippen LogP contribution < -0.4 is 10.2 Å². The smallest absolute Gasteiger partial charge is 0.275 e. The highest BCUT2D eigenvalue weighted by molar-refractivity contribution is 6.01. The Labute approximate surface area is 155 Å². The minimum atomic E-state index is -0.277. The third kappa shape index (κ3) is 4.31. The van der Waals surface area contributed by atoms with Crippen molar-refractivity contribution in [1.82, 2.24) is 5.43 Å². The molecule has 1 fully saturated rings. The van der Waals surface area contributed by atoms with Crippen molar-refractivity contribution < 1.29 is 9.53 Å². The number of carbonyl (C=O) groups excluding carboxylic acids is 1. The standard InChI is InChI=1S/C22H26N2O2/c1-16(23-24-22(25)20-10-6-7-11-21(20)26-2)17-12-14-19(15-13-17)18-8-4-3-5-9-18/h6-7,10-15,18H,3-5,8-9H2,1-2H3,(H,24,25). The summed E-state index contributed by atoms with van der Waals surface area (Å²) in [5, 5.41) is 4.25. The van der Waals surface area contributed by atoms with Crippen LogP contribution in [0.2, 0.25) is 0 Å². The normalized spacial score (nSPS) is 15.5. The number of hydrogen-bond acceptors (Lipinski definition) is 3. The first-order valence-corrected chi connectivity index (χ1v) is 9.27. The van der Waals surface area contributed by atoms with Crippen molar-refractivity contribution in [2.45, 2.75) is 44.9 Å². The molecule has 0 spiro atoms. The van der Waals surface area contributed by atoms with Gasteiger partial charge in [0.15, 0.2) is 0 Å². The summed E-state index contributed by atoms with van der Waals surface area (Å²) in [7, 11) is 1.55. The molecule has 0 heterocycles. The zero-order valence-electron chi connectivity index (χ0n) is 15.5. The van der Waals surface area contributed by atoms with Gasteiger partial charge in [-0.2, -0.15) is 5.10 Å². The van der Waals surface area contributed by atoms with E-state index < -0.39 is 0 Å². The number of amides is 1. The Balaban J connectivity index is 1.66. The Hall–Kier alpha value is -2.62. The molecule has 0 aromatic heterocycles. The Morgan fingerprint density at radius 1 is 1.04 bits per heavy atom. The number of ether oxygens (including phenoxy) is 1. The first kappa shape index (κ1) is 18.2. The fourth-order valence-corrected chi connectivity index (χ4v) is 3.52. The fourth-order valence-electron chi connectivity index (χ4n) is 3.52. The molecule has 0 atom stereocenters. The molecule has 0 radical (unpaired) electrons. The number of nitrogens with zero attached hydrogens (tertiary/aromatic N) is 1. The van der Waals surface area contributed by atoms with Crippen molar-refractivity contribution in [3.8, 4) is 5.75 Å². The van der Waals surface area contributed by atoms with E-state index in [2.05, 4.69) is 34.8 Å². The van der Waals surface area contributed by atoms with Crippen LogP contribution in [0.15, 0.2) is 53.6 Å². The quantitative estimate of drug-likeness (QED) is 0.616. The summed E-state index contributed by atoms with van der Waals surface area (Å²) in [6, 6.07) is 15.7. The first-order chi connectivity index (χ1) is 12.7. The molecule has 1 N–H and O–H groups in total. The molecule has 0 aliphatic heterocycles. The Morgan fingerprint density at radius 2 is 1.73 bits per heavy atom. The van der Waals surface area contributed by atoms with Crippen molar-refractivity contribution in [2.24, 2.45) is 5.10 Å². The van der Waals surface area contributed by atoms with E-state index in [9.17, 15) is 4.79 Å². The van der Waals surface area contributed by atoms with Gasteiger partial charge in [0.1, 0.15) is 5.75 Å². The summed E-state index contributed by atoms with van der Waals surface area (Å²) in [6.07, 6.45) is 6.62. The summed E-state index contributed by atoms with van der Waals surface area (Å²) in [5.74, 6) is 0.954. The third-order valence-corrected chi connectivity index (χ3v) is 5.08. The Kier molecular flexibility index (Phi) is 6.05. The van der Waals surface area contributed by atoms with Gasteiger partial charge in [-0.15, -0.1) is 0 Å². The van der Waals surface area contributed by atoms with E-state index in [1.165, 1.54) is 37.7 Å². The van der Waals surface area contributed by atoms with Crippen LogP contribution in [0, 0.1) is 0 Å². The van der Waals surface area contributed by atoms with E-state index in [0.717, 1.165) is 11.3 Å². The van der Waals surface area contributed by atoms with Crippen LogP contribution in [0.3, 0.4) is 0 Å². The number of methoxy groups -OCH3 is 1. The monoisotopic (exact) mass is 350 g/mol. The lowest BCUT2D eigenvalue weighted by atomic mass is 9.84. The molecular formula is C22H26N2O2. The SMILES string of the molecule is COc1ccccc1C(=O)NN=C(C)c1ccc(C2CCCCC2)cc1. The number of hydrogen-bond donors (Lipinski definition) is 1. The van der Waals surface area contributed by atoms with Gasteiger partial charge in [0.25, 0.3) is 5.91 Å². The van der Waals surface area contributed by atoms with E-state index in [4.69, 9.17) is 4.74 Å². The van der Waals surface area contributed by atoms with Crippen molar-refractivity contribution in [3.63, 3.8) is 0 Å². The van der Waals surface area contributed by atoms with E-state index >= 15 is 0 Å². The molecule has 0 saturated heterocycles. The number of hydrazone groups is 1. The number of nitrogens with one attached hydrogen (secondary N) is 1. The summed E-state index contributed by atoms with van der Waals surface area (Å²) in [4.78, 5) is 12.3. The van der Waals surface area contributed by atoms with Crippen molar-refractivity contribution in [3.05, 3.63) is 65.2 Å². The Morgan fingerprint density at radius 3 is 2.42 bits per heavy atom. The minimum Gasteiger partial charge on any atom is -0.496 e. The second kappa shape index (κ2) is 8.65. The van der Waals surface area contributed by atoms with Gasteiger partial charge in [0.2, 0.25) is 0 Å². The molecule has 1 saturated carbocycles. The predicted octanol–water partition coefficient (Wildman–Crippen LogP) is 4.90. The predicted molar refractivity (Wildman–Crippen MR) is 105 cm³/mol. The van der Waals surface area contributed by atoms with Gasteiger partial charge in [-0.25, -0.2) is 5.43 Å². The van der Waals surface area contributed by atoms with Gasteiger partial charge >= 0.3 is 0 Å². The molecule has 1 amide bonds. The molecule has 1 aliphatic rings. The number of carbonyl (C=O) groups is 1. The van der Waals surface area contributed by atoms with Crippen LogP contribution in [-0.4, -0.2) is 18.7 Å². The lowest BCUT2D eigenvalue weighted by Gasteiger charge is -2.22. The van der Waals surface area contributed by atoms with E-state index in [-0.39, 0.29) is 5.91 Å². The highest BCUT2D eigenvalue weighted by Crippen LogP contribution is 2.32. The molecule has 4 nitrogen and oxygen atoms in total. The first-order valence-electron chi connectivity index (χ1n) is 9.27. The van der Waals surface area contributed by atoms with Crippen molar-refractivity contribution in [1.29, 1.82) is 0 Å². The average molecular weight is 350 g/mol. The Bertz CT molecular complexity index is 775. The maximum absolute atomic E-state index is 12.3. The number of rotatable bonds is 5. The van der Waals surface area contributed by atoms with Gasteiger partial charge in [-0.3, -0.25) is 4.79 Å². The highest BCUT2D eigenvalue weighted by atomic mass is 16.5. The number of para-hydroxylation sites is 1. The average Bonchev–Trinajstić information content (AvgIpc) is 2.72. The van der Waals surface area contributed by atoms with Crippen molar-refractivity contribution >= 4 is 11.6 Å². The topological polar surface area (TPSA) is 50.7 Å². The second-order valence-corrected chi connectivity index (χ2v) is 6.80. The largest absolute Gasteiger partial charge is 0.496 e. The molecule has 2 aromatic rings. The maximum Gasteiger partial charge on any atom is 0.275 e. The zero-order valence-corrected chi connectivity index (χ0v) is 15.5. The summed E-state index contributed by atoms with van der Waals surface area (Å²) in [5.41, 5.74) is 6.31. The van der Waals surface area contributed by atoms with Crippen LogP contribution in [-0.2, 0) is 0 Å². The maximum atomic E-state index is 12.3. The van der Waals surface area contributed by atoms with Crippen LogP contribution >= 0.6 is 0 Å². The summed E-state index contributed by atoms with van der Waals surface area (Å²) >= 11 is 0. The van der Waals surface area contributed by atoms with Crippen LogP contribution in [0.5, 0.6) is 5.75 Å². The highest BCUT2D eigenvalue weighted by Gasteiger charge is 2.15. The van der Waals surface area contributed by atoms with E-state index in [0.29, 0.717) is 17.2 Å². The van der Waals surface area contributed by atoms with E-state index in [1.807, 2.05) is 13.0 Å². The summed E-state index contributed by atoms with van der Waals surface area (Å²) in [6.45, 7) is 1.90. The second-order valence-electron chi connectivity index (χ2n) is 6.80. The fraction of sp³-hybridized carbons (Fsp3) is 0.364. The molecule has 4 heteroatoms. The lowest BCUT2D eigenvalue weighted by molar-refractivity contribution is 0.0952. The van der Waals surface area contributed by atoms with Gasteiger partial charge in [0, 0.05) is 0 Å². The van der Waals surface area contributed by atoms with Gasteiger partial charge < -0.3 is 4.74 Å². The molecule has 1 aliphatic carbocycles. The zero-order chi connectivity index (χ0) is 18.4. The minimum absolute atomic E-state index is 0.277. The van der Waals surface area contributed by atoms with E-state index in [1.54, 1.807) is 25.3 Å². The van der Waals surface area contributed by atoms with Gasteiger partial charge in [0.05, 0.1) is 18.4 Å². The lowest BCUT2D eigenvalue weighted by Crippen LogP contribution is -2.20. The van der Waals surface area contributed by atoms with Crippen LogP contribution in [0.4, 0.5) is 0 Å². The van der Waals surface area contributed by atoms with Crippen LogP contribution in [0.25, 0.3) is 0 Å². The molecule has 2 aromatic carbocycles. The molecule has 0 unspecified atom stereocenters. The third-order valence-electron chi connectivity index (χ3n) is 5.08. The molecule has 3 rings (SSSR count). The number of benzene rings is 2. The summed E-state index contributed by atoms with van der Waals surface area (Å²) < 4.78 is 5.22. The molecule has 26 heavy (non-hydrogen) atoms. The molecule has 136 valence electrons. The van der Waals surface area contributed by atoms with Gasteiger partial charge in [-0.05, 0) is 48.9 Å². The molecular weight excluding hydrogens is 324 g/mol. The van der Waals surface area contributed by atoms with Gasteiger partial charge in [-0.1, -0.05) is 55.7 Å². The van der Waals surface area contributed by atoms with Crippen molar-refractivity contribution in [2.75, 3.05) is 7.11 Å². The van der Waals surface area contributed by atoms with Crippen LogP contribution in [0.1, 0.15) is 66.4 Å². The molecule has 0 bridgehead atoms.